The molecule has 1 N–H and O–H groups in total. The first-order chi connectivity index (χ1) is 14.0. The number of carbonyl (C=O) groups is 1. The molecule has 5 nitrogen and oxygen atoms in total. The van der Waals surface area contributed by atoms with Crippen molar-refractivity contribution in [3.05, 3.63) is 35.9 Å². The highest BCUT2D eigenvalue weighted by Gasteiger charge is 2.32. The van der Waals surface area contributed by atoms with E-state index in [9.17, 15) is 13.2 Å². The monoisotopic (exact) mass is 420 g/mol. The van der Waals surface area contributed by atoms with E-state index < -0.39 is 10.0 Å². The molecule has 1 saturated carbocycles. The van der Waals surface area contributed by atoms with Crippen LogP contribution in [0.25, 0.3) is 0 Å². The second-order valence-corrected chi connectivity index (χ2v) is 10.7. The normalized spacial score (nSPS) is 22.6. The third-order valence-electron chi connectivity index (χ3n) is 6.31. The summed E-state index contributed by atoms with van der Waals surface area (Å²) >= 11 is 0. The minimum Gasteiger partial charge on any atom is -0.353 e. The molecular formula is C23H36N2O3S. The molecule has 1 saturated heterocycles. The number of sulfonamides is 1. The lowest BCUT2D eigenvalue weighted by Crippen LogP contribution is -2.48. The Balaban J connectivity index is 1.48. The smallest absolute Gasteiger partial charge is 0.224 e. The van der Waals surface area contributed by atoms with E-state index in [0.717, 1.165) is 37.7 Å². The molecule has 1 unspecified atom stereocenters. The van der Waals surface area contributed by atoms with Crippen LogP contribution in [-0.4, -0.2) is 43.5 Å². The quantitative estimate of drug-likeness (QED) is 0.728. The fourth-order valence-electron chi connectivity index (χ4n) is 4.56. The van der Waals surface area contributed by atoms with Crippen LogP contribution in [0.3, 0.4) is 0 Å². The molecule has 1 atom stereocenters. The Morgan fingerprint density at radius 2 is 1.66 bits per heavy atom. The molecule has 1 aromatic rings. The Hall–Kier alpha value is -1.40. The van der Waals surface area contributed by atoms with Gasteiger partial charge in [-0.3, -0.25) is 4.79 Å². The largest absolute Gasteiger partial charge is 0.353 e. The maximum Gasteiger partial charge on any atom is 0.224 e. The van der Waals surface area contributed by atoms with Crippen molar-refractivity contribution in [2.45, 2.75) is 76.7 Å². The van der Waals surface area contributed by atoms with Crippen LogP contribution >= 0.6 is 0 Å². The van der Waals surface area contributed by atoms with Crippen LogP contribution < -0.4 is 5.32 Å². The van der Waals surface area contributed by atoms with Gasteiger partial charge in [-0.1, -0.05) is 62.4 Å². The van der Waals surface area contributed by atoms with Gasteiger partial charge in [0.05, 0.1) is 11.7 Å². The molecule has 29 heavy (non-hydrogen) atoms. The molecule has 0 bridgehead atoms. The number of hydrogen-bond donors (Lipinski definition) is 1. The van der Waals surface area contributed by atoms with Gasteiger partial charge < -0.3 is 5.32 Å². The number of nitrogens with zero attached hydrogens (tertiary/aromatic N) is 1. The first kappa shape index (κ1) is 22.3. The van der Waals surface area contributed by atoms with Gasteiger partial charge in [-0.2, -0.15) is 0 Å². The topological polar surface area (TPSA) is 66.5 Å². The summed E-state index contributed by atoms with van der Waals surface area (Å²) in [5.74, 6) is -0.00313. The summed E-state index contributed by atoms with van der Waals surface area (Å²) in [5, 5.41) is 3.23. The van der Waals surface area contributed by atoms with E-state index >= 15 is 0 Å². The van der Waals surface area contributed by atoms with Crippen LogP contribution in [0.2, 0.25) is 0 Å². The fourth-order valence-corrected chi connectivity index (χ4v) is 6.14. The Morgan fingerprint density at radius 1 is 0.966 bits per heavy atom. The van der Waals surface area contributed by atoms with Crippen molar-refractivity contribution in [1.29, 1.82) is 0 Å². The van der Waals surface area contributed by atoms with Gasteiger partial charge in [-0.15, -0.1) is 0 Å². The van der Waals surface area contributed by atoms with Crippen LogP contribution in [-0.2, 0) is 21.2 Å². The van der Waals surface area contributed by atoms with Crippen LogP contribution in [0, 0.1) is 5.92 Å². The lowest BCUT2D eigenvalue weighted by molar-refractivity contribution is -0.126. The van der Waals surface area contributed by atoms with Crippen molar-refractivity contribution in [2.75, 3.05) is 18.8 Å². The van der Waals surface area contributed by atoms with Crippen molar-refractivity contribution in [3.8, 4) is 0 Å². The first-order valence-electron chi connectivity index (χ1n) is 11.4. The maximum atomic E-state index is 12.8. The summed E-state index contributed by atoms with van der Waals surface area (Å²) in [4.78, 5) is 12.8. The summed E-state index contributed by atoms with van der Waals surface area (Å²) in [6.45, 7) is 0.882. The van der Waals surface area contributed by atoms with Gasteiger partial charge in [0.2, 0.25) is 15.9 Å². The van der Waals surface area contributed by atoms with Crippen molar-refractivity contribution in [1.82, 2.24) is 9.62 Å². The van der Waals surface area contributed by atoms with Crippen molar-refractivity contribution in [2.24, 2.45) is 5.92 Å². The van der Waals surface area contributed by atoms with E-state index in [1.807, 2.05) is 30.3 Å². The molecule has 0 spiro atoms. The third-order valence-corrected chi connectivity index (χ3v) is 8.23. The van der Waals surface area contributed by atoms with Gasteiger partial charge in [0, 0.05) is 19.1 Å². The molecule has 3 rings (SSSR count). The number of hydrogen-bond acceptors (Lipinski definition) is 3. The number of nitrogens with one attached hydrogen (secondary N) is 1. The maximum absolute atomic E-state index is 12.8. The van der Waals surface area contributed by atoms with E-state index in [0.29, 0.717) is 19.5 Å². The second kappa shape index (κ2) is 11.1. The molecule has 1 amide bonds. The summed E-state index contributed by atoms with van der Waals surface area (Å²) in [7, 11) is -3.31. The predicted molar refractivity (Wildman–Crippen MR) is 117 cm³/mol. The number of aryl methyl sites for hydroxylation is 1. The minimum absolute atomic E-state index is 0.0553. The molecule has 1 heterocycles. The van der Waals surface area contributed by atoms with Crippen LogP contribution in [0.4, 0.5) is 0 Å². The Bertz CT molecular complexity index is 728. The van der Waals surface area contributed by atoms with E-state index in [1.165, 1.54) is 32.1 Å². The zero-order valence-corrected chi connectivity index (χ0v) is 18.3. The first-order valence-corrected chi connectivity index (χ1v) is 13.0. The van der Waals surface area contributed by atoms with Crippen LogP contribution in [0.5, 0.6) is 0 Å². The second-order valence-electron chi connectivity index (χ2n) is 8.65. The molecular weight excluding hydrogens is 384 g/mol. The Labute approximate surface area is 176 Å². The molecule has 162 valence electrons. The zero-order chi connectivity index (χ0) is 20.5. The number of benzene rings is 1. The number of piperidine rings is 1. The summed E-state index contributed by atoms with van der Waals surface area (Å²) in [6, 6.07) is 10.3. The van der Waals surface area contributed by atoms with E-state index in [-0.39, 0.29) is 23.6 Å². The van der Waals surface area contributed by atoms with Gasteiger partial charge in [-0.25, -0.2) is 12.7 Å². The average Bonchev–Trinajstić information content (AvgIpc) is 2.70. The van der Waals surface area contributed by atoms with Gasteiger partial charge in [-0.05, 0) is 44.1 Å². The SMILES string of the molecule is O=C(NC1CCCCCCC1)C1CCCN(S(=O)(=O)CCCc2ccccc2)C1. The highest BCUT2D eigenvalue weighted by Crippen LogP contribution is 2.22. The minimum atomic E-state index is -3.31. The molecule has 1 aliphatic heterocycles. The van der Waals surface area contributed by atoms with E-state index in [2.05, 4.69) is 5.32 Å². The highest BCUT2D eigenvalue weighted by molar-refractivity contribution is 7.89. The summed E-state index contributed by atoms with van der Waals surface area (Å²) in [5.41, 5.74) is 1.16. The van der Waals surface area contributed by atoms with Gasteiger partial charge in [0.15, 0.2) is 0 Å². The van der Waals surface area contributed by atoms with Crippen LogP contribution in [0.1, 0.15) is 69.8 Å². The number of carbonyl (C=O) groups excluding carboxylic acids is 1. The van der Waals surface area contributed by atoms with Crippen molar-refractivity contribution in [3.63, 3.8) is 0 Å². The predicted octanol–water partition coefficient (Wildman–Crippen LogP) is 3.89. The number of rotatable bonds is 7. The molecule has 0 radical (unpaired) electrons. The lowest BCUT2D eigenvalue weighted by atomic mass is 9.94. The fraction of sp³-hybridized carbons (Fsp3) is 0.696. The number of amides is 1. The molecule has 2 aliphatic rings. The molecule has 6 heteroatoms. The van der Waals surface area contributed by atoms with E-state index in [4.69, 9.17) is 0 Å². The van der Waals surface area contributed by atoms with Crippen molar-refractivity contribution >= 4 is 15.9 Å². The zero-order valence-electron chi connectivity index (χ0n) is 17.5. The van der Waals surface area contributed by atoms with Gasteiger partial charge >= 0.3 is 0 Å². The Morgan fingerprint density at radius 3 is 2.38 bits per heavy atom. The van der Waals surface area contributed by atoms with E-state index in [1.54, 1.807) is 4.31 Å². The summed E-state index contributed by atoms with van der Waals surface area (Å²) in [6.07, 6.45) is 11.2. The highest BCUT2D eigenvalue weighted by atomic mass is 32.2. The molecule has 1 aliphatic carbocycles. The third kappa shape index (κ3) is 7.10. The van der Waals surface area contributed by atoms with Gasteiger partial charge in [0.25, 0.3) is 0 Å². The summed E-state index contributed by atoms with van der Waals surface area (Å²) < 4.78 is 27.2. The lowest BCUT2D eigenvalue weighted by Gasteiger charge is -2.32. The van der Waals surface area contributed by atoms with Crippen LogP contribution in [0.15, 0.2) is 30.3 Å². The molecule has 0 aromatic heterocycles. The van der Waals surface area contributed by atoms with Gasteiger partial charge in [0.1, 0.15) is 0 Å². The average molecular weight is 421 g/mol. The Kier molecular flexibility index (Phi) is 8.54. The standard InChI is InChI=1S/C23H36N2O3S/c26-23(24-22-15-7-2-1-3-8-16-22)21-14-9-17-25(19-21)29(27,28)18-10-13-20-11-5-4-6-12-20/h4-6,11-12,21-22H,1-3,7-10,13-19H2,(H,24,26). The molecule has 2 fully saturated rings. The van der Waals surface area contributed by atoms with Crippen molar-refractivity contribution < 1.29 is 13.2 Å². The molecule has 1 aromatic carbocycles.